The molecular weight excluding hydrogens is 302 g/mol. The smallest absolute Gasteiger partial charge is 0.305 e. The van der Waals surface area contributed by atoms with Gasteiger partial charge in [0, 0.05) is 24.0 Å². The number of hydrogen-bond acceptors (Lipinski definition) is 4. The highest BCUT2D eigenvalue weighted by molar-refractivity contribution is 7.11. The van der Waals surface area contributed by atoms with Crippen molar-refractivity contribution in [2.24, 2.45) is 0 Å². The normalized spacial score (nSPS) is 10.3. The molecule has 0 bridgehead atoms. The maximum absolute atomic E-state index is 12.3. The Morgan fingerprint density at radius 3 is 2.55 bits per heavy atom. The van der Waals surface area contributed by atoms with Gasteiger partial charge >= 0.3 is 4.87 Å². The average molecular weight is 319 g/mol. The summed E-state index contributed by atoms with van der Waals surface area (Å²) >= 11 is 0.877. The Kier molecular flexibility index (Phi) is 4.77. The van der Waals surface area contributed by atoms with Crippen LogP contribution in [0.3, 0.4) is 0 Å². The molecule has 2 amide bonds. The molecule has 1 heterocycles. The van der Waals surface area contributed by atoms with Crippen LogP contribution in [0.4, 0.5) is 11.4 Å². The van der Waals surface area contributed by atoms with Crippen LogP contribution in [0.15, 0.2) is 23.0 Å². The summed E-state index contributed by atoms with van der Waals surface area (Å²) in [6.45, 7) is 5.08. The quantitative estimate of drug-likeness (QED) is 0.808. The Hall–Kier alpha value is -2.41. The van der Waals surface area contributed by atoms with Crippen LogP contribution in [0.25, 0.3) is 0 Å². The van der Waals surface area contributed by atoms with E-state index < -0.39 is 0 Å². The Bertz CT molecular complexity index is 777. The van der Waals surface area contributed by atoms with Gasteiger partial charge in [0.1, 0.15) is 4.88 Å². The predicted octanol–water partition coefficient (Wildman–Crippen LogP) is 2.52. The molecule has 0 atom stereocenters. The third kappa shape index (κ3) is 3.62. The number of nitrogens with one attached hydrogen (secondary N) is 3. The lowest BCUT2D eigenvalue weighted by Crippen LogP contribution is -2.14. The third-order valence-corrected chi connectivity index (χ3v) is 4.07. The molecule has 3 N–H and O–H groups in total. The van der Waals surface area contributed by atoms with E-state index in [4.69, 9.17) is 0 Å². The largest absolute Gasteiger partial charge is 0.326 e. The van der Waals surface area contributed by atoms with Crippen LogP contribution in [-0.4, -0.2) is 16.8 Å². The fourth-order valence-corrected chi connectivity index (χ4v) is 2.82. The van der Waals surface area contributed by atoms with Crippen molar-refractivity contribution in [3.8, 4) is 0 Å². The lowest BCUT2D eigenvalue weighted by Gasteiger charge is -2.12. The maximum atomic E-state index is 12.3. The molecule has 116 valence electrons. The van der Waals surface area contributed by atoms with E-state index in [1.807, 2.05) is 13.0 Å². The minimum Gasteiger partial charge on any atom is -0.326 e. The van der Waals surface area contributed by atoms with Crippen LogP contribution in [0.2, 0.25) is 0 Å². The van der Waals surface area contributed by atoms with E-state index in [0.29, 0.717) is 21.9 Å². The Labute approximate surface area is 131 Å². The fourth-order valence-electron chi connectivity index (χ4n) is 2.08. The number of anilines is 2. The van der Waals surface area contributed by atoms with Gasteiger partial charge in [-0.1, -0.05) is 24.3 Å². The van der Waals surface area contributed by atoms with Gasteiger partial charge in [0.15, 0.2) is 0 Å². The summed E-state index contributed by atoms with van der Waals surface area (Å²) in [5, 5.41) is 5.49. The maximum Gasteiger partial charge on any atom is 0.305 e. The second-order valence-corrected chi connectivity index (χ2v) is 5.81. The summed E-state index contributed by atoms with van der Waals surface area (Å²) in [6, 6.07) is 5.35. The lowest BCUT2D eigenvalue weighted by molar-refractivity contribution is -0.114. The zero-order valence-electron chi connectivity index (χ0n) is 12.6. The number of amides is 2. The van der Waals surface area contributed by atoms with Gasteiger partial charge in [-0.3, -0.25) is 14.4 Å². The van der Waals surface area contributed by atoms with Gasteiger partial charge in [-0.15, -0.1) is 0 Å². The zero-order chi connectivity index (χ0) is 16.3. The molecule has 0 aliphatic carbocycles. The first kappa shape index (κ1) is 16.0. The van der Waals surface area contributed by atoms with Gasteiger partial charge in [-0.25, -0.2) is 0 Å². The molecule has 6 nitrogen and oxygen atoms in total. The Morgan fingerprint density at radius 2 is 2.00 bits per heavy atom. The molecular formula is C15H17N3O3S. The minimum atomic E-state index is -0.337. The molecule has 1 aromatic heterocycles. The average Bonchev–Trinajstić information content (AvgIpc) is 2.77. The SMILES string of the molecule is CCc1ccc(NC(C)=O)cc1NC(=O)c1sc(=O)[nH]c1C. The molecule has 0 fully saturated rings. The van der Waals surface area contributed by atoms with Crippen LogP contribution < -0.4 is 15.5 Å². The van der Waals surface area contributed by atoms with E-state index >= 15 is 0 Å². The molecule has 0 unspecified atom stereocenters. The molecule has 0 spiro atoms. The molecule has 22 heavy (non-hydrogen) atoms. The van der Waals surface area contributed by atoms with Gasteiger partial charge in [0.25, 0.3) is 5.91 Å². The van der Waals surface area contributed by atoms with Gasteiger partial charge in [-0.2, -0.15) is 0 Å². The van der Waals surface area contributed by atoms with E-state index in [0.717, 1.165) is 23.3 Å². The first-order valence-corrected chi connectivity index (χ1v) is 7.64. The monoisotopic (exact) mass is 319 g/mol. The summed E-state index contributed by atoms with van der Waals surface area (Å²) < 4.78 is 0. The summed E-state index contributed by atoms with van der Waals surface area (Å²) in [4.78, 5) is 37.4. The summed E-state index contributed by atoms with van der Waals surface area (Å²) in [5.74, 6) is -0.517. The first-order chi connectivity index (χ1) is 10.4. The number of H-pyrrole nitrogens is 1. The van der Waals surface area contributed by atoms with Crippen molar-refractivity contribution >= 4 is 34.5 Å². The molecule has 0 aliphatic rings. The zero-order valence-corrected chi connectivity index (χ0v) is 13.4. The van der Waals surface area contributed by atoms with Crippen LogP contribution in [-0.2, 0) is 11.2 Å². The highest BCUT2D eigenvalue weighted by Crippen LogP contribution is 2.23. The molecule has 2 aromatic rings. The van der Waals surface area contributed by atoms with Gasteiger partial charge in [0.05, 0.1) is 0 Å². The highest BCUT2D eigenvalue weighted by Gasteiger charge is 2.15. The van der Waals surface area contributed by atoms with Crippen molar-refractivity contribution in [1.82, 2.24) is 4.98 Å². The number of carbonyl (C=O) groups is 2. The number of thiazole rings is 1. The highest BCUT2D eigenvalue weighted by atomic mass is 32.1. The minimum absolute atomic E-state index is 0.179. The number of benzene rings is 1. The van der Waals surface area contributed by atoms with E-state index in [1.54, 1.807) is 19.1 Å². The number of aromatic amines is 1. The number of aryl methyl sites for hydroxylation is 2. The van der Waals surface area contributed by atoms with Gasteiger partial charge in [-0.05, 0) is 31.0 Å². The van der Waals surface area contributed by atoms with Crippen molar-refractivity contribution in [1.29, 1.82) is 0 Å². The summed E-state index contributed by atoms with van der Waals surface area (Å²) in [6.07, 6.45) is 0.734. The van der Waals surface area contributed by atoms with Crippen molar-refractivity contribution in [3.05, 3.63) is 44.0 Å². The van der Waals surface area contributed by atoms with Crippen molar-refractivity contribution < 1.29 is 9.59 Å². The lowest BCUT2D eigenvalue weighted by atomic mass is 10.1. The second-order valence-electron chi connectivity index (χ2n) is 4.83. The fraction of sp³-hybridized carbons (Fsp3) is 0.267. The van der Waals surface area contributed by atoms with Gasteiger partial charge in [0.2, 0.25) is 5.91 Å². The molecule has 0 radical (unpaired) electrons. The molecule has 0 saturated carbocycles. The van der Waals surface area contributed by atoms with E-state index in [2.05, 4.69) is 15.6 Å². The number of carbonyl (C=O) groups excluding carboxylic acids is 2. The predicted molar refractivity (Wildman–Crippen MR) is 87.8 cm³/mol. The van der Waals surface area contributed by atoms with Crippen LogP contribution >= 0.6 is 11.3 Å². The molecule has 1 aromatic carbocycles. The van der Waals surface area contributed by atoms with Crippen LogP contribution in [0.5, 0.6) is 0 Å². The summed E-state index contributed by atoms with van der Waals surface area (Å²) in [7, 11) is 0. The number of hydrogen-bond donors (Lipinski definition) is 3. The van der Waals surface area contributed by atoms with E-state index in [1.165, 1.54) is 6.92 Å². The van der Waals surface area contributed by atoms with Crippen LogP contribution in [0.1, 0.15) is 34.8 Å². The Balaban J connectivity index is 2.30. The van der Waals surface area contributed by atoms with Crippen molar-refractivity contribution in [3.63, 3.8) is 0 Å². The van der Waals surface area contributed by atoms with Crippen molar-refractivity contribution in [2.45, 2.75) is 27.2 Å². The standard InChI is InChI=1S/C15H17N3O3S/c1-4-10-5-6-11(17-9(3)19)7-12(10)18-14(20)13-8(2)16-15(21)22-13/h5-7H,4H2,1-3H3,(H,16,21)(H,17,19)(H,18,20). The van der Waals surface area contributed by atoms with Crippen molar-refractivity contribution in [2.75, 3.05) is 10.6 Å². The number of rotatable bonds is 4. The molecule has 2 rings (SSSR count). The van der Waals surface area contributed by atoms with Crippen LogP contribution in [0, 0.1) is 6.92 Å². The summed E-state index contributed by atoms with van der Waals surface area (Å²) in [5.41, 5.74) is 2.73. The van der Waals surface area contributed by atoms with E-state index in [9.17, 15) is 14.4 Å². The Morgan fingerprint density at radius 1 is 1.27 bits per heavy atom. The molecule has 7 heteroatoms. The van der Waals surface area contributed by atoms with Gasteiger partial charge < -0.3 is 15.6 Å². The van der Waals surface area contributed by atoms with E-state index in [-0.39, 0.29) is 16.7 Å². The second kappa shape index (κ2) is 6.57. The topological polar surface area (TPSA) is 91.1 Å². The number of aromatic nitrogens is 1. The molecule has 0 aliphatic heterocycles. The first-order valence-electron chi connectivity index (χ1n) is 6.82. The molecule has 0 saturated heterocycles. The third-order valence-electron chi connectivity index (χ3n) is 3.09.